The predicted molar refractivity (Wildman–Crippen MR) is 147 cm³/mol. The van der Waals surface area contributed by atoms with Crippen LogP contribution in [-0.2, 0) is 17.8 Å². The molecule has 192 valence electrons. The molecule has 1 atom stereocenters. The molecule has 4 aromatic rings. The number of fused-ring (bicyclic) bond motifs is 1. The van der Waals surface area contributed by atoms with Gasteiger partial charge in [-0.1, -0.05) is 66.2 Å². The summed E-state index contributed by atoms with van der Waals surface area (Å²) in [6, 6.07) is 27.1. The van der Waals surface area contributed by atoms with Crippen LogP contribution in [0.1, 0.15) is 34.3 Å². The smallest absolute Gasteiger partial charge is 0.326 e. The SMILES string of the molecule is O=C(NC(Cc1ccccc1)C(=O)O)c1ccc2cc(OCc3cccc(OCCC4=CC4)c3)ccc2c1. The van der Waals surface area contributed by atoms with Crippen LogP contribution in [0.4, 0.5) is 0 Å². The van der Waals surface area contributed by atoms with Crippen LogP contribution in [0.5, 0.6) is 11.5 Å². The lowest BCUT2D eigenvalue weighted by Crippen LogP contribution is -2.42. The summed E-state index contributed by atoms with van der Waals surface area (Å²) in [6.45, 7) is 1.09. The summed E-state index contributed by atoms with van der Waals surface area (Å²) in [5.74, 6) is 0.0605. The number of nitrogens with one attached hydrogen (secondary N) is 1. The van der Waals surface area contributed by atoms with E-state index in [0.29, 0.717) is 18.8 Å². The number of rotatable bonds is 12. The Kier molecular flexibility index (Phi) is 7.69. The highest BCUT2D eigenvalue weighted by atomic mass is 16.5. The second kappa shape index (κ2) is 11.6. The second-order valence-corrected chi connectivity index (χ2v) is 9.38. The fraction of sp³-hybridized carbons (Fsp3) is 0.188. The van der Waals surface area contributed by atoms with Gasteiger partial charge >= 0.3 is 5.97 Å². The molecule has 1 aliphatic rings. The van der Waals surface area contributed by atoms with Crippen LogP contribution in [0.2, 0.25) is 0 Å². The first-order chi connectivity index (χ1) is 18.5. The molecule has 0 bridgehead atoms. The van der Waals surface area contributed by atoms with Crippen LogP contribution in [0, 0.1) is 0 Å². The quantitative estimate of drug-likeness (QED) is 0.232. The van der Waals surface area contributed by atoms with Gasteiger partial charge in [0.1, 0.15) is 24.1 Å². The number of hydrogen-bond donors (Lipinski definition) is 2. The van der Waals surface area contributed by atoms with Crippen molar-refractivity contribution in [2.75, 3.05) is 6.61 Å². The largest absolute Gasteiger partial charge is 0.493 e. The minimum atomic E-state index is -1.07. The van der Waals surface area contributed by atoms with Crippen molar-refractivity contribution in [3.05, 3.63) is 119 Å². The molecular weight excluding hydrogens is 478 g/mol. The summed E-state index contributed by atoms with van der Waals surface area (Å²) in [5.41, 5.74) is 3.72. The van der Waals surface area contributed by atoms with Crippen molar-refractivity contribution in [3.8, 4) is 11.5 Å². The number of carboxylic acid groups (broad SMARTS) is 1. The van der Waals surface area contributed by atoms with Crippen molar-refractivity contribution >= 4 is 22.6 Å². The summed E-state index contributed by atoms with van der Waals surface area (Å²) in [7, 11) is 0. The Bertz CT molecular complexity index is 1480. The van der Waals surface area contributed by atoms with E-state index in [4.69, 9.17) is 9.47 Å². The molecule has 2 N–H and O–H groups in total. The molecule has 0 spiro atoms. The fourth-order valence-corrected chi connectivity index (χ4v) is 4.21. The third-order valence-electron chi connectivity index (χ3n) is 6.45. The van der Waals surface area contributed by atoms with Gasteiger partial charge in [0, 0.05) is 18.4 Å². The maximum absolute atomic E-state index is 12.8. The van der Waals surface area contributed by atoms with Gasteiger partial charge in [0.05, 0.1) is 6.61 Å². The molecule has 1 amide bonds. The molecule has 6 nitrogen and oxygen atoms in total. The van der Waals surface area contributed by atoms with Crippen LogP contribution >= 0.6 is 0 Å². The van der Waals surface area contributed by atoms with Crippen molar-refractivity contribution in [3.63, 3.8) is 0 Å². The third-order valence-corrected chi connectivity index (χ3v) is 6.45. The maximum Gasteiger partial charge on any atom is 0.326 e. The number of carboxylic acids is 1. The lowest BCUT2D eigenvalue weighted by molar-refractivity contribution is -0.139. The number of aliphatic carboxylic acids is 1. The molecule has 0 saturated carbocycles. The minimum absolute atomic E-state index is 0.212. The zero-order valence-corrected chi connectivity index (χ0v) is 20.9. The van der Waals surface area contributed by atoms with E-state index < -0.39 is 17.9 Å². The van der Waals surface area contributed by atoms with Gasteiger partial charge < -0.3 is 19.9 Å². The van der Waals surface area contributed by atoms with Gasteiger partial charge in [-0.05, 0) is 64.7 Å². The molecule has 1 aliphatic carbocycles. The predicted octanol–water partition coefficient (Wildman–Crippen LogP) is 5.94. The van der Waals surface area contributed by atoms with Gasteiger partial charge in [-0.15, -0.1) is 0 Å². The van der Waals surface area contributed by atoms with E-state index in [9.17, 15) is 14.7 Å². The van der Waals surface area contributed by atoms with Gasteiger partial charge in [0.2, 0.25) is 0 Å². The van der Waals surface area contributed by atoms with Crippen LogP contribution in [0.15, 0.2) is 103 Å². The lowest BCUT2D eigenvalue weighted by atomic mass is 10.0. The topological polar surface area (TPSA) is 84.9 Å². The fourth-order valence-electron chi connectivity index (χ4n) is 4.21. The van der Waals surface area contributed by atoms with Crippen molar-refractivity contribution in [2.45, 2.75) is 31.9 Å². The zero-order chi connectivity index (χ0) is 26.3. The van der Waals surface area contributed by atoms with Crippen molar-refractivity contribution in [2.24, 2.45) is 0 Å². The molecule has 0 radical (unpaired) electrons. The maximum atomic E-state index is 12.8. The van der Waals surface area contributed by atoms with Gasteiger partial charge in [-0.2, -0.15) is 0 Å². The van der Waals surface area contributed by atoms with E-state index in [1.807, 2.05) is 78.9 Å². The first-order valence-corrected chi connectivity index (χ1v) is 12.7. The number of hydrogen-bond acceptors (Lipinski definition) is 4. The molecule has 0 fully saturated rings. The molecule has 4 aromatic carbocycles. The molecule has 0 heterocycles. The van der Waals surface area contributed by atoms with E-state index in [0.717, 1.165) is 46.2 Å². The Morgan fingerprint density at radius 2 is 1.55 bits per heavy atom. The summed E-state index contributed by atoms with van der Waals surface area (Å²) >= 11 is 0. The van der Waals surface area contributed by atoms with E-state index in [1.54, 1.807) is 12.1 Å². The van der Waals surface area contributed by atoms with Crippen LogP contribution < -0.4 is 14.8 Å². The Labute approximate surface area is 221 Å². The van der Waals surface area contributed by atoms with E-state index in [2.05, 4.69) is 11.4 Å². The zero-order valence-electron chi connectivity index (χ0n) is 20.9. The average Bonchev–Trinajstić information content (AvgIpc) is 3.76. The van der Waals surface area contributed by atoms with Gasteiger partial charge in [-0.25, -0.2) is 4.79 Å². The number of amides is 1. The van der Waals surface area contributed by atoms with Gasteiger partial charge in [-0.3, -0.25) is 4.79 Å². The summed E-state index contributed by atoms with van der Waals surface area (Å²) in [6.07, 6.45) is 4.53. The second-order valence-electron chi connectivity index (χ2n) is 9.38. The molecule has 5 rings (SSSR count). The van der Waals surface area contributed by atoms with Crippen molar-refractivity contribution < 1.29 is 24.2 Å². The third kappa shape index (κ3) is 6.79. The molecule has 0 saturated heterocycles. The first-order valence-electron chi connectivity index (χ1n) is 12.7. The Balaban J connectivity index is 1.20. The number of carbonyl (C=O) groups is 2. The normalized spacial score (nSPS) is 12.9. The minimum Gasteiger partial charge on any atom is -0.493 e. The molecule has 6 heteroatoms. The van der Waals surface area contributed by atoms with Gasteiger partial charge in [0.25, 0.3) is 5.91 Å². The first kappa shape index (κ1) is 25.1. The van der Waals surface area contributed by atoms with Gasteiger partial charge in [0.15, 0.2) is 0 Å². The lowest BCUT2D eigenvalue weighted by Gasteiger charge is -2.15. The summed E-state index contributed by atoms with van der Waals surface area (Å²) in [4.78, 5) is 24.6. The standard InChI is InChI=1S/C32H29NO5/c34-31(33-30(32(35)36)18-23-5-2-1-3-6-23)27-12-11-26-20-29(14-13-25(26)19-27)38-21-24-7-4-8-28(17-24)37-16-15-22-9-10-22/h1-9,11-14,17,19-20,30H,10,15-16,18,21H2,(H,33,34)(H,35,36). The summed E-state index contributed by atoms with van der Waals surface area (Å²) < 4.78 is 11.9. The van der Waals surface area contributed by atoms with Crippen molar-refractivity contribution in [1.29, 1.82) is 0 Å². The van der Waals surface area contributed by atoms with Crippen LogP contribution in [0.25, 0.3) is 10.8 Å². The molecular formula is C32H29NO5. The number of ether oxygens (including phenoxy) is 2. The Morgan fingerprint density at radius 1 is 0.816 bits per heavy atom. The van der Waals surface area contributed by atoms with Crippen molar-refractivity contribution in [1.82, 2.24) is 5.32 Å². The van der Waals surface area contributed by atoms with E-state index in [1.165, 1.54) is 5.57 Å². The number of benzene rings is 4. The monoisotopic (exact) mass is 507 g/mol. The molecule has 0 aliphatic heterocycles. The molecule has 0 aromatic heterocycles. The highest BCUT2D eigenvalue weighted by Crippen LogP contribution is 2.25. The molecule has 1 unspecified atom stereocenters. The highest BCUT2D eigenvalue weighted by Gasteiger charge is 2.21. The average molecular weight is 508 g/mol. The van der Waals surface area contributed by atoms with Crippen LogP contribution in [0.3, 0.4) is 0 Å². The Morgan fingerprint density at radius 3 is 2.34 bits per heavy atom. The molecule has 38 heavy (non-hydrogen) atoms. The number of carbonyl (C=O) groups excluding carboxylic acids is 1. The van der Waals surface area contributed by atoms with E-state index in [-0.39, 0.29) is 6.42 Å². The Hall–Kier alpha value is -4.58. The van der Waals surface area contributed by atoms with E-state index >= 15 is 0 Å². The van der Waals surface area contributed by atoms with Crippen LogP contribution in [-0.4, -0.2) is 29.6 Å². The number of allylic oxidation sites excluding steroid dienone is 1. The summed E-state index contributed by atoms with van der Waals surface area (Å²) in [5, 5.41) is 14.0. The highest BCUT2D eigenvalue weighted by molar-refractivity contribution is 6.00.